The predicted octanol–water partition coefficient (Wildman–Crippen LogP) is 19.3. The van der Waals surface area contributed by atoms with Crippen LogP contribution in [0.4, 0.5) is 0 Å². The molecule has 7 fully saturated rings. The van der Waals surface area contributed by atoms with Crippen molar-refractivity contribution >= 4 is 0 Å². The average molecular weight is 916 g/mol. The standard InChI is InChI=1S/C64H118N2/c1-11-13-15-17-19-21-23-49-29-39-55(40-30-49)65(53-35-25-47(3)26-36-53)61-57-43-33-52(64(8,9)10)46-60(57)62(58-44-34-51(45-59(58)61)63(5,6)7)66(54-37-27-48(4)28-38-54)56-41-31-50(32-42-56)24-22-20-18-16-14-12-2/h47-62H,11-46H2,1-10H3. The van der Waals surface area contributed by atoms with Crippen LogP contribution in [-0.4, -0.2) is 46.1 Å². The first-order valence-electron chi connectivity index (χ1n) is 31.3. The lowest BCUT2D eigenvalue weighted by molar-refractivity contribution is -0.166. The van der Waals surface area contributed by atoms with Gasteiger partial charge in [0, 0.05) is 36.3 Å². The SMILES string of the molecule is CCCCCCCCC1CCC(N(C2CCC(C)CC2)C2C3CCC(C(C)(C)C)CC3C(N(C3CCC(C)CC3)C3CCC(CCCCCCCC)CC3)C3CCC(C(C)(C)C)CC32)CC1. The summed E-state index contributed by atoms with van der Waals surface area (Å²) in [6.07, 6.45) is 53.8. The molecule has 0 aromatic carbocycles. The summed E-state index contributed by atoms with van der Waals surface area (Å²) in [5, 5.41) is 0. The fraction of sp³-hybridized carbons (Fsp3) is 1.00. The summed E-state index contributed by atoms with van der Waals surface area (Å²) in [6, 6.07) is 5.06. The van der Waals surface area contributed by atoms with E-state index in [0.29, 0.717) is 10.8 Å². The monoisotopic (exact) mass is 915 g/mol. The van der Waals surface area contributed by atoms with Gasteiger partial charge >= 0.3 is 0 Å². The van der Waals surface area contributed by atoms with E-state index in [1.54, 1.807) is 0 Å². The molecule has 0 saturated heterocycles. The molecule has 7 rings (SSSR count). The second-order valence-corrected chi connectivity index (χ2v) is 28.6. The summed E-state index contributed by atoms with van der Waals surface area (Å²) >= 11 is 0. The smallest absolute Gasteiger partial charge is 0.0164 e. The van der Waals surface area contributed by atoms with Crippen LogP contribution in [0.1, 0.15) is 300 Å². The Hall–Kier alpha value is -0.0800. The van der Waals surface area contributed by atoms with E-state index in [9.17, 15) is 0 Å². The van der Waals surface area contributed by atoms with Crippen molar-refractivity contribution in [2.45, 2.75) is 337 Å². The van der Waals surface area contributed by atoms with Crippen molar-refractivity contribution in [1.29, 1.82) is 0 Å². The maximum atomic E-state index is 3.54. The van der Waals surface area contributed by atoms with Gasteiger partial charge in [0.05, 0.1) is 0 Å². The Morgan fingerprint density at radius 2 is 0.636 bits per heavy atom. The topological polar surface area (TPSA) is 6.48 Å². The highest BCUT2D eigenvalue weighted by Crippen LogP contribution is 2.61. The van der Waals surface area contributed by atoms with Crippen LogP contribution >= 0.6 is 0 Å². The minimum absolute atomic E-state index is 0.416. The number of fused-ring (bicyclic) bond motifs is 2. The minimum Gasteiger partial charge on any atom is -0.294 e. The quantitative estimate of drug-likeness (QED) is 0.112. The molecule has 8 atom stereocenters. The number of hydrogen-bond donors (Lipinski definition) is 0. The van der Waals surface area contributed by atoms with Crippen LogP contribution in [0, 0.1) is 70.0 Å². The molecule has 0 radical (unpaired) electrons. The molecule has 7 saturated carbocycles. The molecule has 2 nitrogen and oxygen atoms in total. The lowest BCUT2D eigenvalue weighted by Gasteiger charge is -2.66. The van der Waals surface area contributed by atoms with Gasteiger partial charge in [0.25, 0.3) is 0 Å². The number of unbranched alkanes of at least 4 members (excludes halogenated alkanes) is 10. The van der Waals surface area contributed by atoms with Crippen molar-refractivity contribution in [3.63, 3.8) is 0 Å². The summed E-state index contributed by atoms with van der Waals surface area (Å²) < 4.78 is 0. The number of rotatable bonds is 20. The van der Waals surface area contributed by atoms with E-state index < -0.39 is 0 Å². The van der Waals surface area contributed by atoms with Gasteiger partial charge in [0.15, 0.2) is 0 Å². The van der Waals surface area contributed by atoms with Gasteiger partial charge in [-0.3, -0.25) is 9.80 Å². The van der Waals surface area contributed by atoms with Crippen molar-refractivity contribution in [3.05, 3.63) is 0 Å². The van der Waals surface area contributed by atoms with Gasteiger partial charge in [-0.15, -0.1) is 0 Å². The highest BCUT2D eigenvalue weighted by molar-refractivity contribution is 5.12. The van der Waals surface area contributed by atoms with Crippen molar-refractivity contribution in [3.8, 4) is 0 Å². The molecule has 0 heterocycles. The van der Waals surface area contributed by atoms with Gasteiger partial charge in [0.2, 0.25) is 0 Å². The second-order valence-electron chi connectivity index (χ2n) is 28.6. The molecular formula is C64H118N2. The molecule has 0 aromatic heterocycles. The molecule has 0 aromatic rings. The minimum atomic E-state index is 0.416. The molecule has 66 heavy (non-hydrogen) atoms. The summed E-state index contributed by atoms with van der Waals surface area (Å²) in [5.74, 6) is 9.25. The van der Waals surface area contributed by atoms with E-state index in [2.05, 4.69) is 79.0 Å². The van der Waals surface area contributed by atoms with Crippen molar-refractivity contribution in [2.75, 3.05) is 0 Å². The molecule has 384 valence electrons. The first-order chi connectivity index (χ1) is 31.8. The van der Waals surface area contributed by atoms with E-state index in [1.807, 2.05) is 0 Å². The van der Waals surface area contributed by atoms with Gasteiger partial charge in [-0.05, 0) is 211 Å². The van der Waals surface area contributed by atoms with Crippen molar-refractivity contribution < 1.29 is 0 Å². The largest absolute Gasteiger partial charge is 0.294 e. The number of hydrogen-bond acceptors (Lipinski definition) is 2. The molecule has 0 amide bonds. The number of nitrogens with zero attached hydrogens (tertiary/aromatic N) is 2. The van der Waals surface area contributed by atoms with Gasteiger partial charge in [-0.25, -0.2) is 0 Å². The molecule has 0 N–H and O–H groups in total. The third-order valence-electron chi connectivity index (χ3n) is 22.0. The summed E-state index contributed by atoms with van der Waals surface area (Å²) in [5.41, 5.74) is 0.831. The maximum Gasteiger partial charge on any atom is 0.0164 e. The third kappa shape index (κ3) is 14.1. The van der Waals surface area contributed by atoms with Crippen LogP contribution in [0.25, 0.3) is 0 Å². The van der Waals surface area contributed by atoms with Gasteiger partial charge in [-0.2, -0.15) is 0 Å². The Morgan fingerprint density at radius 1 is 0.333 bits per heavy atom. The molecule has 0 aliphatic heterocycles. The zero-order valence-electron chi connectivity index (χ0n) is 46.6. The van der Waals surface area contributed by atoms with Gasteiger partial charge in [0.1, 0.15) is 0 Å². The fourth-order valence-corrected chi connectivity index (χ4v) is 17.7. The Kier molecular flexibility index (Phi) is 20.8. The summed E-state index contributed by atoms with van der Waals surface area (Å²) in [6.45, 7) is 25.8. The van der Waals surface area contributed by atoms with Crippen LogP contribution in [0.2, 0.25) is 0 Å². The van der Waals surface area contributed by atoms with Gasteiger partial charge < -0.3 is 0 Å². The Bertz CT molecular complexity index is 1220. The second kappa shape index (κ2) is 25.5. The molecule has 7 aliphatic rings. The average Bonchev–Trinajstić information content (AvgIpc) is 3.30. The molecule has 2 heteroatoms. The lowest BCUT2D eigenvalue weighted by Crippen LogP contribution is -2.70. The van der Waals surface area contributed by atoms with Crippen LogP contribution in [0.15, 0.2) is 0 Å². The van der Waals surface area contributed by atoms with E-state index in [1.165, 1.54) is 231 Å². The molecule has 7 aliphatic carbocycles. The summed E-state index contributed by atoms with van der Waals surface area (Å²) in [7, 11) is 0. The van der Waals surface area contributed by atoms with E-state index in [-0.39, 0.29) is 0 Å². The Morgan fingerprint density at radius 3 is 0.955 bits per heavy atom. The van der Waals surface area contributed by atoms with Gasteiger partial charge in [-0.1, -0.05) is 159 Å². The van der Waals surface area contributed by atoms with Crippen LogP contribution < -0.4 is 0 Å². The fourth-order valence-electron chi connectivity index (χ4n) is 17.7. The molecule has 0 spiro atoms. The highest BCUT2D eigenvalue weighted by Gasteiger charge is 2.60. The first-order valence-corrected chi connectivity index (χ1v) is 31.3. The van der Waals surface area contributed by atoms with E-state index in [0.717, 1.165) is 95.4 Å². The maximum absolute atomic E-state index is 3.54. The first kappa shape index (κ1) is 53.7. The van der Waals surface area contributed by atoms with Crippen molar-refractivity contribution in [1.82, 2.24) is 9.80 Å². The Balaban J connectivity index is 1.21. The zero-order valence-corrected chi connectivity index (χ0v) is 46.6. The van der Waals surface area contributed by atoms with Crippen LogP contribution in [-0.2, 0) is 0 Å². The van der Waals surface area contributed by atoms with Crippen molar-refractivity contribution in [2.24, 2.45) is 70.0 Å². The van der Waals surface area contributed by atoms with Crippen LogP contribution in [0.5, 0.6) is 0 Å². The molecule has 0 bridgehead atoms. The Labute approximate surface area is 414 Å². The van der Waals surface area contributed by atoms with Crippen LogP contribution in [0.3, 0.4) is 0 Å². The highest BCUT2D eigenvalue weighted by atomic mass is 15.3. The van der Waals surface area contributed by atoms with E-state index in [4.69, 9.17) is 0 Å². The predicted molar refractivity (Wildman–Crippen MR) is 289 cm³/mol. The summed E-state index contributed by atoms with van der Waals surface area (Å²) in [4.78, 5) is 7.09. The van der Waals surface area contributed by atoms with E-state index >= 15 is 0 Å². The normalized spacial score (nSPS) is 39.5. The third-order valence-corrected chi connectivity index (χ3v) is 22.0. The molecule has 8 unspecified atom stereocenters. The molecular weight excluding hydrogens is 797 g/mol. The zero-order chi connectivity index (χ0) is 46.8. The lowest BCUT2D eigenvalue weighted by atomic mass is 9.49.